The molecule has 0 saturated carbocycles. The van der Waals surface area contributed by atoms with E-state index in [4.69, 9.17) is 4.74 Å². The highest BCUT2D eigenvalue weighted by atomic mass is 16.5. The molecule has 1 aromatic heterocycles. The molecule has 0 spiro atoms. The average Bonchev–Trinajstić information content (AvgIpc) is 2.88. The number of anilines is 1. The van der Waals surface area contributed by atoms with Crippen LogP contribution in [0.25, 0.3) is 0 Å². The molecule has 2 rings (SSSR count). The lowest BCUT2D eigenvalue weighted by molar-refractivity contribution is -0.144. The summed E-state index contributed by atoms with van der Waals surface area (Å²) in [5.41, 5.74) is -0.149. The van der Waals surface area contributed by atoms with E-state index < -0.39 is 17.5 Å². The van der Waals surface area contributed by atoms with Gasteiger partial charge in [0.25, 0.3) is 0 Å². The predicted octanol–water partition coefficient (Wildman–Crippen LogP) is 0.0937. The number of aliphatic carboxylic acids is 1. The first kappa shape index (κ1) is 13.3. The molecule has 1 atom stereocenters. The number of carbonyl (C=O) groups excluding carboxylic acids is 1. The second kappa shape index (κ2) is 4.88. The number of nitrogens with zero attached hydrogens (tertiary/aromatic N) is 2. The average molecular weight is 268 g/mol. The maximum Gasteiger partial charge on any atom is 0.332 e. The number of nitrogens with one attached hydrogen (secondary N) is 2. The third-order valence-electron chi connectivity index (χ3n) is 3.05. The van der Waals surface area contributed by atoms with Crippen molar-refractivity contribution in [3.8, 4) is 0 Å². The van der Waals surface area contributed by atoms with Crippen molar-refractivity contribution in [3.05, 3.63) is 11.9 Å². The minimum atomic E-state index is -1.35. The van der Waals surface area contributed by atoms with Gasteiger partial charge < -0.3 is 20.5 Å². The van der Waals surface area contributed by atoms with Gasteiger partial charge in [0.2, 0.25) is 0 Å². The van der Waals surface area contributed by atoms with E-state index in [0.717, 1.165) is 0 Å². The van der Waals surface area contributed by atoms with Crippen LogP contribution in [0.4, 0.5) is 10.5 Å². The van der Waals surface area contributed by atoms with Gasteiger partial charge in [-0.05, 0) is 6.92 Å². The summed E-state index contributed by atoms with van der Waals surface area (Å²) in [6.45, 7) is 2.04. The molecule has 1 fully saturated rings. The summed E-state index contributed by atoms with van der Waals surface area (Å²) in [6.07, 6.45) is 1.90. The van der Waals surface area contributed by atoms with Crippen LogP contribution in [0, 0.1) is 6.92 Å². The van der Waals surface area contributed by atoms with Gasteiger partial charge >= 0.3 is 12.0 Å². The number of carboxylic acid groups (broad SMARTS) is 1. The number of hydrogen-bond donors (Lipinski definition) is 3. The van der Waals surface area contributed by atoms with Crippen molar-refractivity contribution in [1.29, 1.82) is 0 Å². The second-order valence-electron chi connectivity index (χ2n) is 4.57. The lowest BCUT2D eigenvalue weighted by Crippen LogP contribution is -2.56. The number of carbonyl (C=O) groups is 2. The van der Waals surface area contributed by atoms with E-state index in [-0.39, 0.29) is 13.0 Å². The Morgan fingerprint density at radius 1 is 1.58 bits per heavy atom. The quantitative estimate of drug-likeness (QED) is 0.720. The summed E-state index contributed by atoms with van der Waals surface area (Å²) in [6, 6.07) is -0.580. The van der Waals surface area contributed by atoms with Crippen molar-refractivity contribution in [1.82, 2.24) is 15.1 Å². The lowest BCUT2D eigenvalue weighted by Gasteiger charge is -2.23. The molecule has 8 nitrogen and oxygen atoms in total. The third-order valence-corrected chi connectivity index (χ3v) is 3.05. The first-order valence-electron chi connectivity index (χ1n) is 5.83. The Bertz CT molecular complexity index is 505. The Balaban J connectivity index is 2.04. The fourth-order valence-corrected chi connectivity index (χ4v) is 1.98. The number of amides is 2. The number of carboxylic acids is 1. The van der Waals surface area contributed by atoms with Gasteiger partial charge in [-0.2, -0.15) is 5.10 Å². The van der Waals surface area contributed by atoms with Gasteiger partial charge in [0.05, 0.1) is 18.0 Å². The number of urea groups is 1. The van der Waals surface area contributed by atoms with Crippen molar-refractivity contribution in [2.45, 2.75) is 18.9 Å². The zero-order valence-corrected chi connectivity index (χ0v) is 10.8. The Hall–Kier alpha value is -2.09. The van der Waals surface area contributed by atoms with Crippen molar-refractivity contribution in [3.63, 3.8) is 0 Å². The van der Waals surface area contributed by atoms with Crippen LogP contribution in [0.1, 0.15) is 12.1 Å². The van der Waals surface area contributed by atoms with Crippen molar-refractivity contribution < 1.29 is 19.4 Å². The van der Waals surface area contributed by atoms with Crippen LogP contribution in [0.15, 0.2) is 6.20 Å². The minimum absolute atomic E-state index is 0.0260. The van der Waals surface area contributed by atoms with E-state index in [1.54, 1.807) is 24.9 Å². The fourth-order valence-electron chi connectivity index (χ4n) is 1.98. The van der Waals surface area contributed by atoms with E-state index in [1.807, 2.05) is 0 Å². The smallest absolute Gasteiger partial charge is 0.332 e. The van der Waals surface area contributed by atoms with E-state index in [1.165, 1.54) is 0 Å². The molecule has 3 N–H and O–H groups in total. The molecule has 1 saturated heterocycles. The third kappa shape index (κ3) is 2.68. The van der Waals surface area contributed by atoms with Crippen LogP contribution < -0.4 is 10.6 Å². The fraction of sp³-hybridized carbons (Fsp3) is 0.545. The highest BCUT2D eigenvalue weighted by Crippen LogP contribution is 2.19. The van der Waals surface area contributed by atoms with E-state index in [9.17, 15) is 14.7 Å². The molecule has 19 heavy (non-hydrogen) atoms. The molecule has 104 valence electrons. The lowest BCUT2D eigenvalue weighted by atomic mass is 9.99. The topological polar surface area (TPSA) is 105 Å². The molecule has 0 aliphatic carbocycles. The molecule has 2 heterocycles. The van der Waals surface area contributed by atoms with Crippen LogP contribution in [0.3, 0.4) is 0 Å². The SMILES string of the molecule is Cc1nn(C)cc1NC(=O)NC1(C(=O)O)CCOC1. The predicted molar refractivity (Wildman–Crippen MR) is 65.9 cm³/mol. The Morgan fingerprint density at radius 2 is 2.32 bits per heavy atom. The molecule has 1 aliphatic rings. The molecule has 0 aromatic carbocycles. The Labute approximate surface area is 109 Å². The molecule has 2 amide bonds. The summed E-state index contributed by atoms with van der Waals surface area (Å²) >= 11 is 0. The first-order chi connectivity index (χ1) is 8.93. The van der Waals surface area contributed by atoms with Crippen LogP contribution >= 0.6 is 0 Å². The van der Waals surface area contributed by atoms with Gasteiger partial charge in [0, 0.05) is 26.3 Å². The van der Waals surface area contributed by atoms with Crippen molar-refractivity contribution in [2.75, 3.05) is 18.5 Å². The second-order valence-corrected chi connectivity index (χ2v) is 4.57. The number of aryl methyl sites for hydroxylation is 2. The summed E-state index contributed by atoms with van der Waals surface area (Å²) in [5.74, 6) is -1.09. The first-order valence-corrected chi connectivity index (χ1v) is 5.83. The van der Waals surface area contributed by atoms with Gasteiger partial charge in [0.1, 0.15) is 0 Å². The summed E-state index contributed by atoms with van der Waals surface area (Å²) in [7, 11) is 1.74. The molecule has 1 aromatic rings. The summed E-state index contributed by atoms with van der Waals surface area (Å²) in [4.78, 5) is 23.1. The molecule has 8 heteroatoms. The number of rotatable bonds is 3. The maximum atomic E-state index is 11.9. The van der Waals surface area contributed by atoms with Crippen LogP contribution in [0.2, 0.25) is 0 Å². The molecule has 0 radical (unpaired) electrons. The van der Waals surface area contributed by atoms with Crippen molar-refractivity contribution in [2.24, 2.45) is 7.05 Å². The van der Waals surface area contributed by atoms with E-state index in [0.29, 0.717) is 18.0 Å². The molecular formula is C11H16N4O4. The van der Waals surface area contributed by atoms with Crippen LogP contribution in [-0.4, -0.2) is 45.6 Å². The summed E-state index contributed by atoms with van der Waals surface area (Å²) in [5, 5.41) is 18.3. The van der Waals surface area contributed by atoms with Crippen LogP contribution in [0.5, 0.6) is 0 Å². The molecule has 0 bridgehead atoms. The number of hydrogen-bond acceptors (Lipinski definition) is 4. The van der Waals surface area contributed by atoms with E-state index in [2.05, 4.69) is 15.7 Å². The highest BCUT2D eigenvalue weighted by Gasteiger charge is 2.44. The largest absolute Gasteiger partial charge is 0.479 e. The van der Waals surface area contributed by atoms with Gasteiger partial charge in [-0.15, -0.1) is 0 Å². The van der Waals surface area contributed by atoms with Gasteiger partial charge in [-0.3, -0.25) is 4.68 Å². The monoisotopic (exact) mass is 268 g/mol. The standard InChI is InChI=1S/C11H16N4O4/c1-7-8(5-15(2)14-7)12-10(18)13-11(9(16)17)3-4-19-6-11/h5H,3-4,6H2,1-2H3,(H,16,17)(H2,12,13,18). The van der Waals surface area contributed by atoms with Crippen molar-refractivity contribution >= 4 is 17.7 Å². The molecule has 1 unspecified atom stereocenters. The van der Waals surface area contributed by atoms with Crippen LogP contribution in [-0.2, 0) is 16.6 Å². The van der Waals surface area contributed by atoms with Gasteiger partial charge in [-0.25, -0.2) is 9.59 Å². The molecule has 1 aliphatic heterocycles. The zero-order chi connectivity index (χ0) is 14.0. The maximum absolute atomic E-state index is 11.9. The Morgan fingerprint density at radius 3 is 2.79 bits per heavy atom. The van der Waals surface area contributed by atoms with Gasteiger partial charge in [0.15, 0.2) is 5.54 Å². The minimum Gasteiger partial charge on any atom is -0.479 e. The highest BCUT2D eigenvalue weighted by molar-refractivity contribution is 5.94. The van der Waals surface area contributed by atoms with E-state index >= 15 is 0 Å². The zero-order valence-electron chi connectivity index (χ0n) is 10.8. The molecular weight excluding hydrogens is 252 g/mol. The summed E-state index contributed by atoms with van der Waals surface area (Å²) < 4.78 is 6.63. The number of aromatic nitrogens is 2. The number of ether oxygens (including phenoxy) is 1. The Kier molecular flexibility index (Phi) is 3.43. The normalized spacial score (nSPS) is 22.2. The van der Waals surface area contributed by atoms with Gasteiger partial charge in [-0.1, -0.05) is 0 Å².